The molecule has 7 heteroatoms. The van der Waals surface area contributed by atoms with Gasteiger partial charge in [0.2, 0.25) is 10.0 Å². The molecular weight excluding hydrogens is 365 g/mol. The van der Waals surface area contributed by atoms with E-state index in [1.54, 1.807) is 24.3 Å². The predicted octanol–water partition coefficient (Wildman–Crippen LogP) is 2.64. The first-order valence-corrected chi connectivity index (χ1v) is 10.4. The van der Waals surface area contributed by atoms with Crippen LogP contribution in [0.15, 0.2) is 53.4 Å². The highest BCUT2D eigenvalue weighted by molar-refractivity contribution is 7.89. The summed E-state index contributed by atoms with van der Waals surface area (Å²) in [6.07, 6.45) is 1.81. The van der Waals surface area contributed by atoms with Gasteiger partial charge in [-0.05, 0) is 49.2 Å². The Labute approximate surface area is 159 Å². The monoisotopic (exact) mass is 387 g/mol. The Kier molecular flexibility index (Phi) is 6.22. The van der Waals surface area contributed by atoms with Crippen LogP contribution in [0.25, 0.3) is 0 Å². The van der Waals surface area contributed by atoms with Crippen LogP contribution in [-0.2, 0) is 16.4 Å². The lowest BCUT2D eigenvalue weighted by Crippen LogP contribution is -2.48. The standard InChI is InChI=1S/C20H22FN3O2S/c21-19-9-7-17(8-10-19)4-3-11-23-12-14-24(15-13-23)27(25,26)20-6-2-1-5-18(20)16-22/h1-2,5-10H,3-4,11-15H2. The van der Waals surface area contributed by atoms with Crippen LogP contribution < -0.4 is 0 Å². The Balaban J connectivity index is 1.52. The summed E-state index contributed by atoms with van der Waals surface area (Å²) in [4.78, 5) is 2.32. The summed E-state index contributed by atoms with van der Waals surface area (Å²) in [5.74, 6) is -0.228. The SMILES string of the molecule is N#Cc1ccccc1S(=O)(=O)N1CCN(CCCc2ccc(F)cc2)CC1. The molecule has 0 N–H and O–H groups in total. The fourth-order valence-electron chi connectivity index (χ4n) is 3.27. The van der Waals surface area contributed by atoms with Crippen molar-refractivity contribution in [3.05, 3.63) is 65.5 Å². The van der Waals surface area contributed by atoms with E-state index < -0.39 is 10.0 Å². The van der Waals surface area contributed by atoms with Crippen molar-refractivity contribution in [2.45, 2.75) is 17.7 Å². The Hall–Kier alpha value is -2.27. The van der Waals surface area contributed by atoms with Gasteiger partial charge < -0.3 is 4.90 Å². The number of rotatable bonds is 6. The third kappa shape index (κ3) is 4.72. The molecule has 1 aliphatic rings. The Morgan fingerprint density at radius 2 is 1.67 bits per heavy atom. The third-order valence-electron chi connectivity index (χ3n) is 4.81. The lowest BCUT2D eigenvalue weighted by Gasteiger charge is -2.34. The maximum absolute atomic E-state index is 12.9. The maximum atomic E-state index is 12.9. The van der Waals surface area contributed by atoms with E-state index in [1.807, 2.05) is 6.07 Å². The van der Waals surface area contributed by atoms with Gasteiger partial charge in [-0.25, -0.2) is 12.8 Å². The van der Waals surface area contributed by atoms with Crippen molar-refractivity contribution in [3.63, 3.8) is 0 Å². The summed E-state index contributed by atoms with van der Waals surface area (Å²) in [7, 11) is -3.65. The molecule has 0 atom stereocenters. The Morgan fingerprint density at radius 1 is 1.00 bits per heavy atom. The Bertz CT molecular complexity index is 915. The molecule has 1 fully saturated rings. The second-order valence-electron chi connectivity index (χ2n) is 6.58. The zero-order valence-electron chi connectivity index (χ0n) is 15.0. The molecule has 27 heavy (non-hydrogen) atoms. The van der Waals surface area contributed by atoms with E-state index in [9.17, 15) is 12.8 Å². The molecule has 0 amide bonds. The molecule has 0 spiro atoms. The van der Waals surface area contributed by atoms with Gasteiger partial charge in [0.05, 0.1) is 10.5 Å². The number of nitrogens with zero attached hydrogens (tertiary/aromatic N) is 3. The van der Waals surface area contributed by atoms with Crippen LogP contribution in [0.4, 0.5) is 4.39 Å². The van der Waals surface area contributed by atoms with Crippen LogP contribution in [-0.4, -0.2) is 50.3 Å². The molecule has 1 saturated heterocycles. The first-order valence-electron chi connectivity index (χ1n) is 8.97. The largest absolute Gasteiger partial charge is 0.301 e. The van der Waals surface area contributed by atoms with Gasteiger partial charge in [-0.15, -0.1) is 0 Å². The topological polar surface area (TPSA) is 64.4 Å². The fourth-order valence-corrected chi connectivity index (χ4v) is 4.84. The zero-order valence-corrected chi connectivity index (χ0v) is 15.8. The van der Waals surface area contributed by atoms with E-state index in [-0.39, 0.29) is 16.3 Å². The number of nitriles is 1. The van der Waals surface area contributed by atoms with E-state index in [4.69, 9.17) is 5.26 Å². The molecular formula is C20H22FN3O2S. The van der Waals surface area contributed by atoms with Crippen LogP contribution in [0.5, 0.6) is 0 Å². The molecule has 0 unspecified atom stereocenters. The molecule has 5 nitrogen and oxygen atoms in total. The number of hydrogen-bond acceptors (Lipinski definition) is 4. The van der Waals surface area contributed by atoms with E-state index in [2.05, 4.69) is 4.90 Å². The number of sulfonamides is 1. The molecule has 2 aromatic carbocycles. The highest BCUT2D eigenvalue weighted by Crippen LogP contribution is 2.21. The molecule has 0 aromatic heterocycles. The first kappa shape index (κ1) is 19.5. The molecule has 142 valence electrons. The molecule has 3 rings (SSSR count). The van der Waals surface area contributed by atoms with E-state index in [0.717, 1.165) is 24.9 Å². The number of benzene rings is 2. The molecule has 2 aromatic rings. The Morgan fingerprint density at radius 3 is 2.33 bits per heavy atom. The minimum atomic E-state index is -3.65. The van der Waals surface area contributed by atoms with Gasteiger partial charge >= 0.3 is 0 Å². The minimum absolute atomic E-state index is 0.0808. The van der Waals surface area contributed by atoms with Gasteiger partial charge in [-0.3, -0.25) is 0 Å². The van der Waals surface area contributed by atoms with Gasteiger partial charge in [0, 0.05) is 26.2 Å². The van der Waals surface area contributed by atoms with Gasteiger partial charge in [0.25, 0.3) is 0 Å². The van der Waals surface area contributed by atoms with Crippen molar-refractivity contribution < 1.29 is 12.8 Å². The van der Waals surface area contributed by atoms with Crippen molar-refractivity contribution in [2.24, 2.45) is 0 Å². The summed E-state index contributed by atoms with van der Waals surface area (Å²) in [6, 6.07) is 14.8. The van der Waals surface area contributed by atoms with E-state index >= 15 is 0 Å². The number of aryl methyl sites for hydroxylation is 1. The molecule has 0 saturated carbocycles. The van der Waals surface area contributed by atoms with Crippen LogP contribution in [0.2, 0.25) is 0 Å². The second-order valence-corrected chi connectivity index (χ2v) is 8.49. The molecule has 1 aliphatic heterocycles. The average molecular weight is 387 g/mol. The highest BCUT2D eigenvalue weighted by atomic mass is 32.2. The van der Waals surface area contributed by atoms with Crippen LogP contribution in [0.1, 0.15) is 17.5 Å². The summed E-state index contributed by atoms with van der Waals surface area (Å²) in [5.41, 5.74) is 1.28. The maximum Gasteiger partial charge on any atom is 0.244 e. The highest BCUT2D eigenvalue weighted by Gasteiger charge is 2.29. The fraction of sp³-hybridized carbons (Fsp3) is 0.350. The second kappa shape index (κ2) is 8.61. The van der Waals surface area contributed by atoms with Crippen molar-refractivity contribution in [2.75, 3.05) is 32.7 Å². The smallest absolute Gasteiger partial charge is 0.244 e. The quantitative estimate of drug-likeness (QED) is 0.764. The summed E-state index contributed by atoms with van der Waals surface area (Å²) in [5, 5.41) is 9.17. The third-order valence-corrected chi connectivity index (χ3v) is 6.77. The van der Waals surface area contributed by atoms with Gasteiger partial charge in [0.1, 0.15) is 11.9 Å². The summed E-state index contributed by atoms with van der Waals surface area (Å²) in [6.45, 7) is 3.03. The normalized spacial score (nSPS) is 16.1. The zero-order chi connectivity index (χ0) is 19.3. The minimum Gasteiger partial charge on any atom is -0.301 e. The van der Waals surface area contributed by atoms with Gasteiger partial charge in [-0.1, -0.05) is 24.3 Å². The van der Waals surface area contributed by atoms with Crippen LogP contribution in [0.3, 0.4) is 0 Å². The van der Waals surface area contributed by atoms with Crippen LogP contribution in [0, 0.1) is 17.1 Å². The van der Waals surface area contributed by atoms with Crippen molar-refractivity contribution in [3.8, 4) is 6.07 Å². The molecule has 0 bridgehead atoms. The van der Waals surface area contributed by atoms with Crippen LogP contribution >= 0.6 is 0 Å². The molecule has 0 aliphatic carbocycles. The first-order chi connectivity index (χ1) is 13.0. The van der Waals surface area contributed by atoms with E-state index in [0.29, 0.717) is 26.2 Å². The lowest BCUT2D eigenvalue weighted by molar-refractivity contribution is 0.187. The summed E-state index contributed by atoms with van der Waals surface area (Å²) >= 11 is 0. The number of hydrogen-bond donors (Lipinski definition) is 0. The average Bonchev–Trinajstić information content (AvgIpc) is 2.70. The van der Waals surface area contributed by atoms with E-state index in [1.165, 1.54) is 28.6 Å². The number of piperazine rings is 1. The molecule has 0 radical (unpaired) electrons. The van der Waals surface area contributed by atoms with Crippen molar-refractivity contribution >= 4 is 10.0 Å². The predicted molar refractivity (Wildman–Crippen MR) is 101 cm³/mol. The van der Waals surface area contributed by atoms with Crippen molar-refractivity contribution in [1.82, 2.24) is 9.21 Å². The van der Waals surface area contributed by atoms with Crippen molar-refractivity contribution in [1.29, 1.82) is 5.26 Å². The summed E-state index contributed by atoms with van der Waals surface area (Å²) < 4.78 is 40.0. The van der Waals surface area contributed by atoms with Gasteiger partial charge in [-0.2, -0.15) is 9.57 Å². The van der Waals surface area contributed by atoms with Gasteiger partial charge in [0.15, 0.2) is 0 Å². The number of halogens is 1. The lowest BCUT2D eigenvalue weighted by atomic mass is 10.1. The molecule has 1 heterocycles.